The molecule has 0 N–H and O–H groups in total. The highest BCUT2D eigenvalue weighted by atomic mass is 32.2. The standard InChI is InChI=1S/C25H22FNO6S/c1-15-14-20(28)24-22(13-12-18(26)23(15)24)33-25(29)16-8-10-17(11-9-16)34(30,31)27(2)19-6-4-5-7-21(19)32-3/h4-13,15H,14H2,1-3H3. The zero-order valence-corrected chi connectivity index (χ0v) is 19.6. The van der Waals surface area contributed by atoms with Crippen LogP contribution in [0.1, 0.15) is 45.5 Å². The SMILES string of the molecule is COc1ccccc1N(C)S(=O)(=O)c1ccc(C(=O)Oc2ccc(F)c3c2C(=O)CC3C)cc1. The van der Waals surface area contributed by atoms with E-state index in [2.05, 4.69) is 0 Å². The molecule has 0 bridgehead atoms. The molecule has 1 atom stereocenters. The Labute approximate surface area is 196 Å². The summed E-state index contributed by atoms with van der Waals surface area (Å²) in [5.41, 5.74) is 0.766. The van der Waals surface area contributed by atoms with Gasteiger partial charge in [-0.2, -0.15) is 0 Å². The molecule has 1 aliphatic carbocycles. The second-order valence-electron chi connectivity index (χ2n) is 7.92. The van der Waals surface area contributed by atoms with Gasteiger partial charge in [-0.3, -0.25) is 9.10 Å². The third-order valence-corrected chi connectivity index (χ3v) is 7.58. The first kappa shape index (κ1) is 23.4. The van der Waals surface area contributed by atoms with Gasteiger partial charge in [0.25, 0.3) is 10.0 Å². The molecule has 9 heteroatoms. The Hall–Kier alpha value is -3.72. The van der Waals surface area contributed by atoms with E-state index in [0.29, 0.717) is 11.4 Å². The van der Waals surface area contributed by atoms with E-state index in [9.17, 15) is 22.4 Å². The maximum atomic E-state index is 14.2. The van der Waals surface area contributed by atoms with Gasteiger partial charge in [0.2, 0.25) is 0 Å². The van der Waals surface area contributed by atoms with E-state index < -0.39 is 21.8 Å². The largest absolute Gasteiger partial charge is 0.495 e. The van der Waals surface area contributed by atoms with Crippen LogP contribution >= 0.6 is 0 Å². The van der Waals surface area contributed by atoms with Crippen molar-refractivity contribution in [3.05, 3.63) is 83.2 Å². The fourth-order valence-electron chi connectivity index (χ4n) is 4.01. The molecule has 1 aliphatic rings. The Morgan fingerprint density at radius 1 is 1.03 bits per heavy atom. The molecule has 1 unspecified atom stereocenters. The monoisotopic (exact) mass is 483 g/mol. The quantitative estimate of drug-likeness (QED) is 0.377. The Bertz CT molecular complexity index is 1390. The van der Waals surface area contributed by atoms with Crippen LogP contribution in [0.4, 0.5) is 10.1 Å². The highest BCUT2D eigenvalue weighted by molar-refractivity contribution is 7.92. The number of esters is 1. The van der Waals surface area contributed by atoms with Crippen molar-refractivity contribution >= 4 is 27.5 Å². The number of fused-ring (bicyclic) bond motifs is 1. The van der Waals surface area contributed by atoms with E-state index in [1.165, 1.54) is 50.6 Å². The first-order chi connectivity index (χ1) is 16.1. The molecule has 0 heterocycles. The zero-order chi connectivity index (χ0) is 24.6. The molecule has 0 saturated carbocycles. The molecule has 3 aromatic rings. The van der Waals surface area contributed by atoms with Gasteiger partial charge in [0.05, 0.1) is 28.8 Å². The number of methoxy groups -OCH3 is 1. The van der Waals surface area contributed by atoms with Crippen molar-refractivity contribution in [2.45, 2.75) is 24.2 Å². The predicted molar refractivity (Wildman–Crippen MR) is 124 cm³/mol. The van der Waals surface area contributed by atoms with E-state index >= 15 is 0 Å². The third kappa shape index (κ3) is 4.03. The Morgan fingerprint density at radius 3 is 2.38 bits per heavy atom. The van der Waals surface area contributed by atoms with E-state index in [4.69, 9.17) is 9.47 Å². The average molecular weight is 484 g/mol. The molecule has 0 amide bonds. The molecule has 0 spiro atoms. The van der Waals surface area contributed by atoms with E-state index in [-0.39, 0.29) is 45.5 Å². The van der Waals surface area contributed by atoms with Crippen molar-refractivity contribution in [1.82, 2.24) is 0 Å². The molecule has 4 rings (SSSR count). The number of para-hydroxylation sites is 2. The summed E-state index contributed by atoms with van der Waals surface area (Å²) < 4.78 is 52.1. The maximum absolute atomic E-state index is 14.2. The number of benzene rings is 3. The molecule has 0 aromatic heterocycles. The number of hydrogen-bond donors (Lipinski definition) is 0. The van der Waals surface area contributed by atoms with Gasteiger partial charge in [-0.05, 0) is 54.4 Å². The summed E-state index contributed by atoms with van der Waals surface area (Å²) in [6.45, 7) is 1.74. The molecular weight excluding hydrogens is 461 g/mol. The second kappa shape index (κ2) is 8.90. The van der Waals surface area contributed by atoms with Gasteiger partial charge in [-0.1, -0.05) is 19.1 Å². The average Bonchev–Trinajstić information content (AvgIpc) is 3.15. The summed E-state index contributed by atoms with van der Waals surface area (Å²) in [5, 5.41) is 0. The summed E-state index contributed by atoms with van der Waals surface area (Å²) in [4.78, 5) is 25.0. The number of anilines is 1. The summed E-state index contributed by atoms with van der Waals surface area (Å²) >= 11 is 0. The molecule has 176 valence electrons. The van der Waals surface area contributed by atoms with Crippen molar-refractivity contribution in [2.75, 3.05) is 18.5 Å². The van der Waals surface area contributed by atoms with E-state index in [1.807, 2.05) is 0 Å². The summed E-state index contributed by atoms with van der Waals surface area (Å²) in [5.74, 6) is -1.51. The topological polar surface area (TPSA) is 90.0 Å². The lowest BCUT2D eigenvalue weighted by atomic mass is 10.0. The minimum atomic E-state index is -3.94. The molecule has 0 radical (unpaired) electrons. The van der Waals surface area contributed by atoms with Crippen LogP contribution in [0.15, 0.2) is 65.6 Å². The Morgan fingerprint density at radius 2 is 1.71 bits per heavy atom. The number of carbonyl (C=O) groups excluding carboxylic acids is 2. The second-order valence-corrected chi connectivity index (χ2v) is 9.89. The molecule has 7 nitrogen and oxygen atoms in total. The van der Waals surface area contributed by atoms with Gasteiger partial charge in [-0.15, -0.1) is 0 Å². The van der Waals surface area contributed by atoms with Crippen molar-refractivity contribution in [1.29, 1.82) is 0 Å². The number of ketones is 1. The fraction of sp³-hybridized carbons (Fsp3) is 0.200. The van der Waals surface area contributed by atoms with Gasteiger partial charge in [0.15, 0.2) is 5.78 Å². The number of carbonyl (C=O) groups is 2. The van der Waals surface area contributed by atoms with Crippen molar-refractivity contribution < 1.29 is 31.9 Å². The number of nitrogens with zero attached hydrogens (tertiary/aromatic N) is 1. The molecule has 3 aromatic carbocycles. The van der Waals surface area contributed by atoms with Gasteiger partial charge in [-0.25, -0.2) is 17.6 Å². The van der Waals surface area contributed by atoms with E-state index in [1.54, 1.807) is 31.2 Å². The van der Waals surface area contributed by atoms with Crippen molar-refractivity contribution in [3.63, 3.8) is 0 Å². The van der Waals surface area contributed by atoms with Crippen LogP contribution in [0, 0.1) is 5.82 Å². The van der Waals surface area contributed by atoms with Gasteiger partial charge in [0, 0.05) is 19.0 Å². The van der Waals surface area contributed by atoms with Gasteiger partial charge >= 0.3 is 5.97 Å². The van der Waals surface area contributed by atoms with Crippen molar-refractivity contribution in [3.8, 4) is 11.5 Å². The molecule has 0 saturated heterocycles. The summed E-state index contributed by atoms with van der Waals surface area (Å²) in [7, 11) is -1.08. The van der Waals surface area contributed by atoms with Crippen LogP contribution in [0.2, 0.25) is 0 Å². The van der Waals surface area contributed by atoms with Crippen LogP contribution in [0.25, 0.3) is 0 Å². The van der Waals surface area contributed by atoms with Crippen LogP contribution < -0.4 is 13.8 Å². The first-order valence-electron chi connectivity index (χ1n) is 10.4. The highest BCUT2D eigenvalue weighted by Gasteiger charge is 2.33. The number of Topliss-reactive ketones (excluding diaryl/α,β-unsaturated/α-hetero) is 1. The highest BCUT2D eigenvalue weighted by Crippen LogP contribution is 2.40. The van der Waals surface area contributed by atoms with Crippen LogP contribution in [0.5, 0.6) is 11.5 Å². The Kier molecular flexibility index (Phi) is 6.14. The van der Waals surface area contributed by atoms with E-state index in [0.717, 1.165) is 4.31 Å². The molecular formula is C25H22FNO6S. The smallest absolute Gasteiger partial charge is 0.343 e. The number of rotatable bonds is 6. The van der Waals surface area contributed by atoms with Crippen LogP contribution in [0.3, 0.4) is 0 Å². The number of halogens is 1. The Balaban J connectivity index is 1.58. The van der Waals surface area contributed by atoms with Crippen LogP contribution in [-0.2, 0) is 10.0 Å². The molecule has 0 fully saturated rings. The number of ether oxygens (including phenoxy) is 2. The lowest BCUT2D eigenvalue weighted by Gasteiger charge is -2.21. The van der Waals surface area contributed by atoms with Gasteiger partial charge in [0.1, 0.15) is 17.3 Å². The predicted octanol–water partition coefficient (Wildman–Crippen LogP) is 4.57. The number of hydrogen-bond acceptors (Lipinski definition) is 6. The normalized spacial score (nSPS) is 15.1. The lowest BCUT2D eigenvalue weighted by molar-refractivity contribution is 0.0732. The molecule has 0 aliphatic heterocycles. The fourth-order valence-corrected chi connectivity index (χ4v) is 5.22. The first-order valence-corrected chi connectivity index (χ1v) is 11.9. The minimum Gasteiger partial charge on any atom is -0.495 e. The van der Waals surface area contributed by atoms with Crippen LogP contribution in [-0.4, -0.2) is 34.3 Å². The summed E-state index contributed by atoms with van der Waals surface area (Å²) in [6.07, 6.45) is 0.146. The molecule has 34 heavy (non-hydrogen) atoms. The minimum absolute atomic E-state index is 0.0108. The maximum Gasteiger partial charge on any atom is 0.343 e. The van der Waals surface area contributed by atoms with Crippen molar-refractivity contribution in [2.24, 2.45) is 0 Å². The number of sulfonamides is 1. The summed E-state index contributed by atoms with van der Waals surface area (Å²) in [6, 6.07) is 14.3. The zero-order valence-electron chi connectivity index (χ0n) is 18.7. The lowest BCUT2D eigenvalue weighted by Crippen LogP contribution is -2.27. The third-order valence-electron chi connectivity index (χ3n) is 5.79. The van der Waals surface area contributed by atoms with Gasteiger partial charge < -0.3 is 9.47 Å².